The molecule has 2 rings (SSSR count). The summed E-state index contributed by atoms with van der Waals surface area (Å²) in [4.78, 5) is 14.8. The Hall–Kier alpha value is -1.93. The summed E-state index contributed by atoms with van der Waals surface area (Å²) in [5.74, 6) is -0.603. The van der Waals surface area contributed by atoms with Crippen LogP contribution in [0.5, 0.6) is 5.75 Å². The van der Waals surface area contributed by atoms with Crippen LogP contribution >= 0.6 is 0 Å². The van der Waals surface area contributed by atoms with Crippen molar-refractivity contribution in [1.29, 1.82) is 0 Å². The third-order valence-corrected chi connectivity index (χ3v) is 4.21. The summed E-state index contributed by atoms with van der Waals surface area (Å²) in [6.45, 7) is 6.63. The molecule has 1 aromatic carbocycles. The van der Waals surface area contributed by atoms with Gasteiger partial charge in [0.1, 0.15) is 0 Å². The number of halogens is 1. The number of piperazine rings is 1. The van der Waals surface area contributed by atoms with Crippen molar-refractivity contribution in [2.24, 2.45) is 0 Å². The molecular formula is C15H23FN4O3. The molecule has 0 saturated carbocycles. The zero-order chi connectivity index (χ0) is 17.0. The van der Waals surface area contributed by atoms with Crippen molar-refractivity contribution in [3.05, 3.63) is 28.1 Å². The van der Waals surface area contributed by atoms with Crippen LogP contribution in [0.1, 0.15) is 6.92 Å². The van der Waals surface area contributed by atoms with Crippen LogP contribution in [-0.2, 0) is 0 Å². The molecule has 0 aromatic heterocycles. The molecule has 1 heterocycles. The molecule has 7 nitrogen and oxygen atoms in total. The lowest BCUT2D eigenvalue weighted by Crippen LogP contribution is -2.49. The van der Waals surface area contributed by atoms with Crippen LogP contribution in [0.4, 0.5) is 15.8 Å². The molecule has 1 atom stereocenters. The minimum atomic E-state index is -0.654. The van der Waals surface area contributed by atoms with Crippen molar-refractivity contribution in [3.63, 3.8) is 0 Å². The van der Waals surface area contributed by atoms with Crippen molar-refractivity contribution in [2.45, 2.75) is 13.0 Å². The molecule has 1 N–H and O–H groups in total. The Morgan fingerprint density at radius 3 is 2.61 bits per heavy atom. The number of nitro groups is 1. The number of benzene rings is 1. The summed E-state index contributed by atoms with van der Waals surface area (Å²) in [6.07, 6.45) is 0. The van der Waals surface area contributed by atoms with Gasteiger partial charge in [-0.25, -0.2) is 4.39 Å². The van der Waals surface area contributed by atoms with Crippen LogP contribution in [0.2, 0.25) is 0 Å². The molecule has 0 unspecified atom stereocenters. The molecule has 0 aliphatic carbocycles. The number of ether oxygens (including phenoxy) is 1. The third-order valence-electron chi connectivity index (χ3n) is 4.21. The molecule has 0 bridgehead atoms. The average molecular weight is 326 g/mol. The highest BCUT2D eigenvalue weighted by atomic mass is 19.1. The van der Waals surface area contributed by atoms with Crippen LogP contribution in [0.25, 0.3) is 0 Å². The molecule has 1 aliphatic rings. The number of nitrogens with zero attached hydrogens (tertiary/aromatic N) is 3. The van der Waals surface area contributed by atoms with Crippen LogP contribution in [-0.4, -0.2) is 67.6 Å². The molecule has 0 spiro atoms. The summed E-state index contributed by atoms with van der Waals surface area (Å²) in [6, 6.07) is 2.47. The van der Waals surface area contributed by atoms with E-state index in [-0.39, 0.29) is 23.2 Å². The van der Waals surface area contributed by atoms with Crippen LogP contribution in [0, 0.1) is 15.9 Å². The second-order valence-corrected chi connectivity index (χ2v) is 5.83. The monoisotopic (exact) mass is 326 g/mol. The number of nitro benzene ring substituents is 1. The average Bonchev–Trinajstić information content (AvgIpc) is 2.53. The Kier molecular flexibility index (Phi) is 5.73. The van der Waals surface area contributed by atoms with Gasteiger partial charge in [-0.2, -0.15) is 0 Å². The first-order valence-corrected chi connectivity index (χ1v) is 7.60. The van der Waals surface area contributed by atoms with Crippen molar-refractivity contribution in [3.8, 4) is 5.75 Å². The van der Waals surface area contributed by atoms with E-state index >= 15 is 0 Å². The number of nitrogens with one attached hydrogen (secondary N) is 1. The van der Waals surface area contributed by atoms with Gasteiger partial charge in [-0.15, -0.1) is 0 Å². The van der Waals surface area contributed by atoms with E-state index in [1.807, 2.05) is 0 Å². The van der Waals surface area contributed by atoms with Crippen LogP contribution in [0.3, 0.4) is 0 Å². The summed E-state index contributed by atoms with van der Waals surface area (Å²) in [5, 5.41) is 13.9. The fourth-order valence-electron chi connectivity index (χ4n) is 2.63. The van der Waals surface area contributed by atoms with Gasteiger partial charge in [0.15, 0.2) is 11.6 Å². The van der Waals surface area contributed by atoms with Gasteiger partial charge in [-0.05, 0) is 14.0 Å². The Labute approximate surface area is 135 Å². The Bertz CT molecular complexity index is 562. The Morgan fingerprint density at radius 2 is 2.04 bits per heavy atom. The maximum absolute atomic E-state index is 14.0. The summed E-state index contributed by atoms with van der Waals surface area (Å²) in [5.41, 5.74) is -0.156. The zero-order valence-electron chi connectivity index (χ0n) is 13.7. The minimum Gasteiger partial charge on any atom is -0.490 e. The van der Waals surface area contributed by atoms with E-state index in [0.29, 0.717) is 6.54 Å². The quantitative estimate of drug-likeness (QED) is 0.635. The zero-order valence-corrected chi connectivity index (χ0v) is 13.7. The number of anilines is 1. The molecular weight excluding hydrogens is 303 g/mol. The van der Waals surface area contributed by atoms with E-state index in [2.05, 4.69) is 29.1 Å². The lowest BCUT2D eigenvalue weighted by atomic mass is 10.2. The molecule has 0 radical (unpaired) electrons. The summed E-state index contributed by atoms with van der Waals surface area (Å²) in [7, 11) is 3.43. The lowest BCUT2D eigenvalue weighted by Gasteiger charge is -2.36. The predicted octanol–water partition coefficient (Wildman–Crippen LogP) is 1.79. The van der Waals surface area contributed by atoms with Gasteiger partial charge in [-0.3, -0.25) is 15.0 Å². The third kappa shape index (κ3) is 4.29. The standard InChI is InChI=1S/C15H23FN4O3/c1-11(19-6-4-18(2)5-7-19)10-17-13-9-15(23-3)14(20(21)22)8-12(13)16/h8-9,11,17H,4-7,10H2,1-3H3/t11-/m1/s1. The highest BCUT2D eigenvalue weighted by Crippen LogP contribution is 2.32. The van der Waals surface area contributed by atoms with Crippen molar-refractivity contribution in [1.82, 2.24) is 9.80 Å². The number of likely N-dealkylation sites (N-methyl/N-ethyl adjacent to an activating group) is 1. The fourth-order valence-corrected chi connectivity index (χ4v) is 2.63. The van der Waals surface area contributed by atoms with Gasteiger partial charge >= 0.3 is 5.69 Å². The first-order chi connectivity index (χ1) is 10.9. The largest absolute Gasteiger partial charge is 0.490 e. The van der Waals surface area contributed by atoms with Gasteiger partial charge in [0.05, 0.1) is 23.8 Å². The summed E-state index contributed by atoms with van der Waals surface area (Å²) >= 11 is 0. The molecule has 1 aliphatic heterocycles. The number of rotatable bonds is 6. The van der Waals surface area contributed by atoms with Crippen molar-refractivity contribution >= 4 is 11.4 Å². The molecule has 0 amide bonds. The Morgan fingerprint density at radius 1 is 1.39 bits per heavy atom. The number of hydrogen-bond donors (Lipinski definition) is 1. The SMILES string of the molecule is COc1cc(NC[C@@H](C)N2CCN(C)CC2)c(F)cc1[N+](=O)[O-]. The van der Waals surface area contributed by atoms with Gasteiger partial charge in [0.25, 0.3) is 0 Å². The second kappa shape index (κ2) is 7.56. The van der Waals surface area contributed by atoms with E-state index < -0.39 is 10.7 Å². The van der Waals surface area contributed by atoms with E-state index in [1.54, 1.807) is 0 Å². The second-order valence-electron chi connectivity index (χ2n) is 5.83. The molecule has 128 valence electrons. The maximum Gasteiger partial charge on any atom is 0.313 e. The van der Waals surface area contributed by atoms with Gasteiger partial charge in [-0.1, -0.05) is 0 Å². The number of hydrogen-bond acceptors (Lipinski definition) is 6. The molecule has 1 aromatic rings. The highest BCUT2D eigenvalue weighted by Gasteiger charge is 2.21. The lowest BCUT2D eigenvalue weighted by molar-refractivity contribution is -0.385. The topological polar surface area (TPSA) is 70.9 Å². The van der Waals surface area contributed by atoms with E-state index in [4.69, 9.17) is 4.74 Å². The smallest absolute Gasteiger partial charge is 0.313 e. The van der Waals surface area contributed by atoms with Gasteiger partial charge in [0, 0.05) is 44.8 Å². The van der Waals surface area contributed by atoms with Gasteiger partial charge < -0.3 is 15.0 Å². The fraction of sp³-hybridized carbons (Fsp3) is 0.600. The highest BCUT2D eigenvalue weighted by molar-refractivity contribution is 5.59. The molecule has 23 heavy (non-hydrogen) atoms. The van der Waals surface area contributed by atoms with Crippen molar-refractivity contribution in [2.75, 3.05) is 52.2 Å². The normalized spacial score (nSPS) is 17.7. The molecule has 1 saturated heterocycles. The first-order valence-electron chi connectivity index (χ1n) is 7.60. The van der Waals surface area contributed by atoms with Crippen LogP contribution < -0.4 is 10.1 Å². The molecule has 8 heteroatoms. The van der Waals surface area contributed by atoms with E-state index in [9.17, 15) is 14.5 Å². The predicted molar refractivity (Wildman–Crippen MR) is 86.6 cm³/mol. The Balaban J connectivity index is 2.01. The van der Waals surface area contributed by atoms with E-state index in [1.165, 1.54) is 13.2 Å². The van der Waals surface area contributed by atoms with E-state index in [0.717, 1.165) is 32.2 Å². The van der Waals surface area contributed by atoms with Crippen molar-refractivity contribution < 1.29 is 14.1 Å². The maximum atomic E-state index is 14.0. The number of methoxy groups -OCH3 is 1. The minimum absolute atomic E-state index is 0.0474. The van der Waals surface area contributed by atoms with Crippen LogP contribution in [0.15, 0.2) is 12.1 Å². The summed E-state index contributed by atoms with van der Waals surface area (Å²) < 4.78 is 19.0. The molecule has 1 fully saturated rings. The first kappa shape index (κ1) is 17.4. The van der Waals surface area contributed by atoms with Gasteiger partial charge in [0.2, 0.25) is 0 Å².